The summed E-state index contributed by atoms with van der Waals surface area (Å²) < 4.78 is 0. The van der Waals surface area contributed by atoms with Crippen molar-refractivity contribution < 1.29 is 0 Å². The van der Waals surface area contributed by atoms with Crippen LogP contribution >= 0.6 is 0 Å². The second-order valence-corrected chi connectivity index (χ2v) is 3.03. The van der Waals surface area contributed by atoms with E-state index < -0.39 is 0 Å². The third kappa shape index (κ3) is 2.74. The van der Waals surface area contributed by atoms with Crippen molar-refractivity contribution in [2.75, 3.05) is 0 Å². The van der Waals surface area contributed by atoms with Gasteiger partial charge in [-0.2, -0.15) is 0 Å². The summed E-state index contributed by atoms with van der Waals surface area (Å²) in [5.74, 6) is 0.801. The van der Waals surface area contributed by atoms with E-state index in [9.17, 15) is 0 Å². The van der Waals surface area contributed by atoms with Gasteiger partial charge in [0, 0.05) is 6.42 Å². The van der Waals surface area contributed by atoms with Gasteiger partial charge in [0.25, 0.3) is 0 Å². The van der Waals surface area contributed by atoms with Crippen LogP contribution in [0.5, 0.6) is 0 Å². The van der Waals surface area contributed by atoms with Gasteiger partial charge in [0.05, 0.1) is 11.9 Å². The average molecular weight is 152 g/mol. The molecule has 0 saturated heterocycles. The maximum atomic E-state index is 5.67. The van der Waals surface area contributed by atoms with Crippen molar-refractivity contribution in [2.24, 2.45) is 10.7 Å². The molecule has 11 heavy (non-hydrogen) atoms. The molecule has 2 nitrogen and oxygen atoms in total. The first kappa shape index (κ1) is 8.31. The molecule has 0 radical (unpaired) electrons. The first-order valence-electron chi connectivity index (χ1n) is 4.26. The molecule has 0 heterocycles. The molecule has 0 unspecified atom stereocenters. The minimum atomic E-state index is 0.541. The maximum Gasteiger partial charge on any atom is 0.0943 e. The highest BCUT2D eigenvalue weighted by Gasteiger charge is 2.15. The van der Waals surface area contributed by atoms with Crippen molar-refractivity contribution in [1.29, 1.82) is 0 Å². The lowest BCUT2D eigenvalue weighted by Crippen LogP contribution is -2.21. The van der Waals surface area contributed by atoms with Crippen LogP contribution in [0, 0.1) is 0 Å². The lowest BCUT2D eigenvalue weighted by Gasteiger charge is -2.21. The summed E-state index contributed by atoms with van der Waals surface area (Å²) in [5, 5.41) is 0. The van der Waals surface area contributed by atoms with Gasteiger partial charge in [-0.15, -0.1) is 6.58 Å². The molecule has 1 fully saturated rings. The van der Waals surface area contributed by atoms with Crippen molar-refractivity contribution in [3.05, 3.63) is 12.7 Å². The average Bonchev–Trinajstić information content (AvgIpc) is 1.93. The highest BCUT2D eigenvalue weighted by molar-refractivity contribution is 5.80. The molecule has 0 aromatic heterocycles. The Morgan fingerprint density at radius 1 is 1.64 bits per heavy atom. The Labute approximate surface area is 68.2 Å². The molecule has 0 aromatic carbocycles. The van der Waals surface area contributed by atoms with Crippen molar-refractivity contribution in [1.82, 2.24) is 0 Å². The van der Waals surface area contributed by atoms with Crippen LogP contribution in [0.1, 0.15) is 32.1 Å². The number of hydrogen-bond donors (Lipinski definition) is 1. The Kier molecular flexibility index (Phi) is 3.14. The summed E-state index contributed by atoms with van der Waals surface area (Å²) in [6.45, 7) is 3.64. The van der Waals surface area contributed by atoms with E-state index >= 15 is 0 Å². The lowest BCUT2D eigenvalue weighted by atomic mass is 9.94. The monoisotopic (exact) mass is 152 g/mol. The predicted octanol–water partition coefficient (Wildman–Crippen LogP) is 1.86. The van der Waals surface area contributed by atoms with E-state index in [2.05, 4.69) is 11.6 Å². The number of rotatable bonds is 4. The maximum absolute atomic E-state index is 5.67. The van der Waals surface area contributed by atoms with Crippen LogP contribution in [0.3, 0.4) is 0 Å². The molecular formula is C9H16N2. The van der Waals surface area contributed by atoms with E-state index in [1.165, 1.54) is 19.3 Å². The van der Waals surface area contributed by atoms with E-state index in [0.29, 0.717) is 6.04 Å². The molecule has 0 aliphatic heterocycles. The summed E-state index contributed by atoms with van der Waals surface area (Å²) in [7, 11) is 0. The van der Waals surface area contributed by atoms with Crippen molar-refractivity contribution in [3.63, 3.8) is 0 Å². The van der Waals surface area contributed by atoms with Gasteiger partial charge in [-0.3, -0.25) is 4.99 Å². The largest absolute Gasteiger partial charge is 0.387 e. The van der Waals surface area contributed by atoms with Gasteiger partial charge in [-0.05, 0) is 25.7 Å². The number of hydrogen-bond acceptors (Lipinski definition) is 1. The van der Waals surface area contributed by atoms with E-state index in [-0.39, 0.29) is 0 Å². The summed E-state index contributed by atoms with van der Waals surface area (Å²) in [6, 6.07) is 0.541. The van der Waals surface area contributed by atoms with Crippen LogP contribution in [0.2, 0.25) is 0 Å². The van der Waals surface area contributed by atoms with E-state index in [1.807, 2.05) is 6.08 Å². The highest BCUT2D eigenvalue weighted by Crippen LogP contribution is 2.21. The van der Waals surface area contributed by atoms with E-state index in [0.717, 1.165) is 18.7 Å². The standard InChI is InChI=1S/C9H16N2/c1-2-3-7-9(10)11-8-5-4-6-8/h2,8H,1,3-7H2,(H2,10,11). The number of nitrogens with two attached hydrogens (primary N) is 1. The number of nitrogens with zero attached hydrogens (tertiary/aromatic N) is 1. The highest BCUT2D eigenvalue weighted by atomic mass is 14.9. The lowest BCUT2D eigenvalue weighted by molar-refractivity contribution is 0.419. The predicted molar refractivity (Wildman–Crippen MR) is 48.7 cm³/mol. The molecule has 2 N–H and O–H groups in total. The summed E-state index contributed by atoms with van der Waals surface area (Å²) in [5.41, 5.74) is 5.67. The van der Waals surface area contributed by atoms with Gasteiger partial charge in [0.1, 0.15) is 0 Å². The SMILES string of the molecule is C=CCCC(N)=NC1CCC1. The minimum Gasteiger partial charge on any atom is -0.387 e. The van der Waals surface area contributed by atoms with Gasteiger partial charge >= 0.3 is 0 Å². The molecule has 0 atom stereocenters. The van der Waals surface area contributed by atoms with Gasteiger partial charge in [-0.25, -0.2) is 0 Å². The van der Waals surface area contributed by atoms with E-state index in [4.69, 9.17) is 5.73 Å². The molecule has 2 heteroatoms. The molecule has 0 amide bonds. The molecule has 0 aromatic rings. The number of allylic oxidation sites excluding steroid dienone is 1. The summed E-state index contributed by atoms with van der Waals surface area (Å²) in [6.07, 6.45) is 7.48. The Morgan fingerprint density at radius 3 is 2.82 bits per heavy atom. The van der Waals surface area contributed by atoms with Crippen molar-refractivity contribution >= 4 is 5.84 Å². The molecule has 1 saturated carbocycles. The fraction of sp³-hybridized carbons (Fsp3) is 0.667. The summed E-state index contributed by atoms with van der Waals surface area (Å²) >= 11 is 0. The zero-order valence-corrected chi connectivity index (χ0v) is 6.92. The molecule has 62 valence electrons. The second-order valence-electron chi connectivity index (χ2n) is 3.03. The first-order valence-corrected chi connectivity index (χ1v) is 4.26. The number of aliphatic imine (C=N–C) groups is 1. The first-order chi connectivity index (χ1) is 5.33. The topological polar surface area (TPSA) is 38.4 Å². The van der Waals surface area contributed by atoms with Crippen molar-refractivity contribution in [2.45, 2.75) is 38.1 Å². The van der Waals surface area contributed by atoms with Crippen molar-refractivity contribution in [3.8, 4) is 0 Å². The third-order valence-corrected chi connectivity index (χ3v) is 2.03. The minimum absolute atomic E-state index is 0.541. The fourth-order valence-electron chi connectivity index (χ4n) is 1.06. The molecular weight excluding hydrogens is 136 g/mol. The molecule has 0 spiro atoms. The third-order valence-electron chi connectivity index (χ3n) is 2.03. The van der Waals surface area contributed by atoms with Crippen LogP contribution in [-0.2, 0) is 0 Å². The molecule has 1 aliphatic rings. The zero-order valence-electron chi connectivity index (χ0n) is 6.92. The van der Waals surface area contributed by atoms with Gasteiger partial charge < -0.3 is 5.73 Å². The van der Waals surface area contributed by atoms with Crippen LogP contribution in [0.25, 0.3) is 0 Å². The van der Waals surface area contributed by atoms with Crippen LogP contribution in [-0.4, -0.2) is 11.9 Å². The number of amidine groups is 1. The van der Waals surface area contributed by atoms with Crippen LogP contribution in [0.4, 0.5) is 0 Å². The Hall–Kier alpha value is -0.790. The fourth-order valence-corrected chi connectivity index (χ4v) is 1.06. The van der Waals surface area contributed by atoms with Gasteiger partial charge in [0.2, 0.25) is 0 Å². The molecule has 1 aliphatic carbocycles. The van der Waals surface area contributed by atoms with Crippen LogP contribution in [0.15, 0.2) is 17.6 Å². The molecule has 0 bridgehead atoms. The smallest absolute Gasteiger partial charge is 0.0943 e. The Bertz CT molecular complexity index is 157. The zero-order chi connectivity index (χ0) is 8.10. The van der Waals surface area contributed by atoms with Crippen LogP contribution < -0.4 is 5.73 Å². The Balaban J connectivity index is 2.20. The molecule has 1 rings (SSSR count). The second kappa shape index (κ2) is 4.16. The van der Waals surface area contributed by atoms with E-state index in [1.54, 1.807) is 0 Å². The van der Waals surface area contributed by atoms with Gasteiger partial charge in [-0.1, -0.05) is 6.08 Å². The quantitative estimate of drug-likeness (QED) is 0.373. The normalized spacial score (nSPS) is 19.5. The van der Waals surface area contributed by atoms with Gasteiger partial charge in [0.15, 0.2) is 0 Å². The Morgan fingerprint density at radius 2 is 2.36 bits per heavy atom. The summed E-state index contributed by atoms with van der Waals surface area (Å²) in [4.78, 5) is 4.37.